The summed E-state index contributed by atoms with van der Waals surface area (Å²) in [5, 5.41) is 25.9. The molecule has 0 aliphatic rings. The number of hydrogen-bond donors (Lipinski definition) is 0. The molecular formula is C16H9ClN6S2. The van der Waals surface area contributed by atoms with Gasteiger partial charge in [-0.2, -0.15) is 5.26 Å². The van der Waals surface area contributed by atoms with Crippen molar-refractivity contribution in [1.29, 1.82) is 5.26 Å². The third-order valence-corrected chi connectivity index (χ3v) is 5.44. The van der Waals surface area contributed by atoms with Gasteiger partial charge in [0.2, 0.25) is 5.16 Å². The number of aromatic nitrogens is 5. The second kappa shape index (κ2) is 6.80. The minimum Gasteiger partial charge on any atom is -0.241 e. The van der Waals surface area contributed by atoms with Crippen LogP contribution >= 0.6 is 34.7 Å². The van der Waals surface area contributed by atoms with Gasteiger partial charge in [-0.25, -0.2) is 9.67 Å². The molecule has 3 aromatic heterocycles. The van der Waals surface area contributed by atoms with Crippen LogP contribution in [0.15, 0.2) is 52.0 Å². The molecular weight excluding hydrogens is 376 g/mol. The van der Waals surface area contributed by atoms with Gasteiger partial charge in [0, 0.05) is 15.3 Å². The number of rotatable bonds is 4. The van der Waals surface area contributed by atoms with Crippen LogP contribution in [0, 0.1) is 11.3 Å². The van der Waals surface area contributed by atoms with Gasteiger partial charge in [0.25, 0.3) is 0 Å². The van der Waals surface area contributed by atoms with Crippen LogP contribution in [-0.4, -0.2) is 25.2 Å². The third kappa shape index (κ3) is 3.35. The Morgan fingerprint density at radius 3 is 3.00 bits per heavy atom. The Labute approximate surface area is 156 Å². The second-order valence-corrected chi connectivity index (χ2v) is 7.54. The highest BCUT2D eigenvalue weighted by Crippen LogP contribution is 2.29. The van der Waals surface area contributed by atoms with E-state index in [0.717, 1.165) is 10.3 Å². The predicted molar refractivity (Wildman–Crippen MR) is 96.8 cm³/mol. The number of fused-ring (bicyclic) bond motifs is 1. The highest BCUT2D eigenvalue weighted by atomic mass is 35.5. The molecule has 0 N–H and O–H groups in total. The molecule has 0 radical (unpaired) electrons. The predicted octanol–water partition coefficient (Wildman–Crippen LogP) is 4.01. The van der Waals surface area contributed by atoms with Gasteiger partial charge in [0.15, 0.2) is 0 Å². The quantitative estimate of drug-likeness (QED) is 0.529. The topological polar surface area (TPSA) is 80.3 Å². The number of benzene rings is 1. The summed E-state index contributed by atoms with van der Waals surface area (Å²) in [5.41, 5.74) is 1.23. The number of hydrogen-bond acceptors (Lipinski definition) is 7. The van der Waals surface area contributed by atoms with Gasteiger partial charge in [-0.1, -0.05) is 17.7 Å². The van der Waals surface area contributed by atoms with E-state index in [2.05, 4.69) is 26.6 Å². The van der Waals surface area contributed by atoms with E-state index in [0.29, 0.717) is 32.8 Å². The fraction of sp³-hybridized carbons (Fsp3) is 0.0625. The molecule has 0 amide bonds. The number of thiophene rings is 1. The fourth-order valence-electron chi connectivity index (χ4n) is 2.33. The maximum atomic E-state index is 9.43. The van der Waals surface area contributed by atoms with Crippen molar-refractivity contribution >= 4 is 45.6 Å². The summed E-state index contributed by atoms with van der Waals surface area (Å²) in [5.74, 6) is 0. The highest BCUT2D eigenvalue weighted by Gasteiger charge is 2.13. The highest BCUT2D eigenvalue weighted by molar-refractivity contribution is 7.99. The average molecular weight is 385 g/mol. The van der Waals surface area contributed by atoms with E-state index in [-0.39, 0.29) is 0 Å². The van der Waals surface area contributed by atoms with E-state index in [1.807, 2.05) is 17.5 Å². The normalized spacial score (nSPS) is 10.9. The molecule has 3 heterocycles. The molecule has 0 aliphatic carbocycles. The Morgan fingerprint density at radius 1 is 1.28 bits per heavy atom. The first-order valence-corrected chi connectivity index (χ1v) is 9.27. The Morgan fingerprint density at radius 2 is 2.20 bits per heavy atom. The summed E-state index contributed by atoms with van der Waals surface area (Å²) in [7, 11) is 0. The fourth-order valence-corrected chi connectivity index (χ4v) is 3.98. The zero-order valence-corrected chi connectivity index (χ0v) is 15.0. The first-order valence-electron chi connectivity index (χ1n) is 7.20. The first kappa shape index (κ1) is 16.0. The monoisotopic (exact) mass is 384 g/mol. The molecule has 4 rings (SSSR count). The summed E-state index contributed by atoms with van der Waals surface area (Å²) in [6, 6.07) is 13.3. The Kier molecular flexibility index (Phi) is 4.36. The Balaban J connectivity index is 1.69. The average Bonchev–Trinajstić information content (AvgIpc) is 3.27. The smallest absolute Gasteiger partial charge is 0.215 e. The van der Waals surface area contributed by atoms with E-state index in [1.54, 1.807) is 40.3 Å². The molecule has 0 saturated carbocycles. The number of nitriles is 1. The van der Waals surface area contributed by atoms with Crippen LogP contribution in [0.25, 0.3) is 10.9 Å². The second-order valence-electron chi connectivity index (χ2n) is 5.08. The number of tetrazole rings is 1. The van der Waals surface area contributed by atoms with Crippen LogP contribution in [0.4, 0.5) is 0 Å². The van der Waals surface area contributed by atoms with E-state index in [9.17, 15) is 5.26 Å². The summed E-state index contributed by atoms with van der Waals surface area (Å²) in [6.45, 7) is 0.599. The minimum atomic E-state index is 0.521. The van der Waals surface area contributed by atoms with E-state index < -0.39 is 0 Å². The van der Waals surface area contributed by atoms with Crippen molar-refractivity contribution in [3.05, 3.63) is 57.2 Å². The van der Waals surface area contributed by atoms with Crippen LogP contribution in [0.5, 0.6) is 0 Å². The first-order chi connectivity index (χ1) is 12.2. The van der Waals surface area contributed by atoms with Crippen molar-refractivity contribution in [2.75, 3.05) is 0 Å². The SMILES string of the molecule is N#Cc1cc(Sc2nnnn2Cc2cccs2)nc2ccc(Cl)cc12. The lowest BCUT2D eigenvalue weighted by Gasteiger charge is -2.06. The van der Waals surface area contributed by atoms with Crippen LogP contribution in [-0.2, 0) is 6.54 Å². The van der Waals surface area contributed by atoms with Gasteiger partial charge in [0.1, 0.15) is 5.03 Å². The zero-order chi connectivity index (χ0) is 17.2. The summed E-state index contributed by atoms with van der Waals surface area (Å²) < 4.78 is 1.72. The molecule has 0 bridgehead atoms. The molecule has 1 aromatic carbocycles. The lowest BCUT2D eigenvalue weighted by molar-refractivity contribution is 0.608. The van der Waals surface area contributed by atoms with E-state index in [4.69, 9.17) is 11.6 Å². The number of halogens is 1. The van der Waals surface area contributed by atoms with Crippen LogP contribution in [0.1, 0.15) is 10.4 Å². The van der Waals surface area contributed by atoms with Gasteiger partial charge in [-0.15, -0.1) is 16.4 Å². The maximum absolute atomic E-state index is 9.43. The van der Waals surface area contributed by atoms with Crippen molar-refractivity contribution in [2.24, 2.45) is 0 Å². The van der Waals surface area contributed by atoms with Crippen molar-refractivity contribution < 1.29 is 0 Å². The van der Waals surface area contributed by atoms with Crippen LogP contribution in [0.3, 0.4) is 0 Å². The van der Waals surface area contributed by atoms with Gasteiger partial charge in [-0.05, 0) is 57.9 Å². The number of pyridine rings is 1. The lowest BCUT2D eigenvalue weighted by atomic mass is 10.1. The maximum Gasteiger partial charge on any atom is 0.215 e. The molecule has 6 nitrogen and oxygen atoms in total. The molecule has 0 spiro atoms. The lowest BCUT2D eigenvalue weighted by Crippen LogP contribution is -2.02. The largest absolute Gasteiger partial charge is 0.241 e. The standard InChI is InChI=1S/C16H9ClN6S2/c17-11-3-4-14-13(7-11)10(8-18)6-15(19-14)25-16-20-21-22-23(16)9-12-2-1-5-24-12/h1-7H,9H2. The van der Waals surface area contributed by atoms with Gasteiger partial charge < -0.3 is 0 Å². The molecule has 122 valence electrons. The summed E-state index contributed by atoms with van der Waals surface area (Å²) >= 11 is 9.00. The third-order valence-electron chi connectivity index (χ3n) is 3.45. The van der Waals surface area contributed by atoms with Crippen LogP contribution < -0.4 is 0 Å². The van der Waals surface area contributed by atoms with Crippen molar-refractivity contribution in [1.82, 2.24) is 25.2 Å². The van der Waals surface area contributed by atoms with Crippen LogP contribution in [0.2, 0.25) is 5.02 Å². The van der Waals surface area contributed by atoms with Crippen molar-refractivity contribution in [3.8, 4) is 6.07 Å². The van der Waals surface area contributed by atoms with Gasteiger partial charge >= 0.3 is 0 Å². The van der Waals surface area contributed by atoms with Gasteiger partial charge in [0.05, 0.1) is 23.7 Å². The minimum absolute atomic E-state index is 0.521. The zero-order valence-electron chi connectivity index (χ0n) is 12.6. The number of nitrogens with zero attached hydrogens (tertiary/aromatic N) is 6. The summed E-state index contributed by atoms with van der Waals surface area (Å²) in [4.78, 5) is 5.75. The van der Waals surface area contributed by atoms with Crippen molar-refractivity contribution in [2.45, 2.75) is 16.7 Å². The van der Waals surface area contributed by atoms with Crippen molar-refractivity contribution in [3.63, 3.8) is 0 Å². The van der Waals surface area contributed by atoms with E-state index >= 15 is 0 Å². The Bertz CT molecular complexity index is 1080. The Hall–Kier alpha value is -2.47. The van der Waals surface area contributed by atoms with Gasteiger partial charge in [-0.3, -0.25) is 0 Å². The molecule has 0 atom stereocenters. The molecule has 0 unspecified atom stereocenters. The summed E-state index contributed by atoms with van der Waals surface area (Å²) in [6.07, 6.45) is 0. The molecule has 0 fully saturated rings. The molecule has 0 saturated heterocycles. The molecule has 4 aromatic rings. The molecule has 9 heteroatoms. The molecule has 25 heavy (non-hydrogen) atoms. The van der Waals surface area contributed by atoms with E-state index in [1.165, 1.54) is 11.8 Å². The molecule has 0 aliphatic heterocycles.